The number of hydrogen-bond acceptors (Lipinski definition) is 3. The number of halogens is 1. The lowest BCUT2D eigenvalue weighted by Crippen LogP contribution is -2.49. The van der Waals surface area contributed by atoms with Crippen molar-refractivity contribution in [3.05, 3.63) is 60.0 Å². The van der Waals surface area contributed by atoms with Crippen LogP contribution in [-0.4, -0.2) is 48.7 Å². The molecular formula is C21H22FN3O2. The first-order valence-corrected chi connectivity index (χ1v) is 9.00. The van der Waals surface area contributed by atoms with Gasteiger partial charge in [-0.05, 0) is 48.5 Å². The van der Waals surface area contributed by atoms with Crippen molar-refractivity contribution in [2.75, 3.05) is 38.2 Å². The Kier molecular flexibility index (Phi) is 4.48. The Morgan fingerprint density at radius 1 is 1.00 bits per heavy atom. The fourth-order valence-electron chi connectivity index (χ4n) is 3.65. The van der Waals surface area contributed by atoms with Crippen molar-refractivity contribution in [2.45, 2.75) is 0 Å². The molecule has 4 rings (SSSR count). The molecule has 1 aliphatic heterocycles. The molecule has 1 aromatic heterocycles. The van der Waals surface area contributed by atoms with Crippen LogP contribution in [0.25, 0.3) is 10.9 Å². The van der Waals surface area contributed by atoms with Crippen molar-refractivity contribution in [3.63, 3.8) is 0 Å². The van der Waals surface area contributed by atoms with Gasteiger partial charge in [0.25, 0.3) is 5.91 Å². The van der Waals surface area contributed by atoms with Gasteiger partial charge >= 0.3 is 0 Å². The molecule has 2 heterocycles. The molecule has 5 nitrogen and oxygen atoms in total. The molecule has 0 saturated carbocycles. The normalized spacial score (nSPS) is 14.6. The number of anilines is 1. The van der Waals surface area contributed by atoms with Gasteiger partial charge in [0, 0.05) is 49.8 Å². The first kappa shape index (κ1) is 17.4. The zero-order valence-corrected chi connectivity index (χ0v) is 15.5. The third-order valence-electron chi connectivity index (χ3n) is 5.23. The Morgan fingerprint density at radius 2 is 1.70 bits per heavy atom. The number of rotatable bonds is 3. The van der Waals surface area contributed by atoms with Crippen LogP contribution in [0, 0.1) is 5.82 Å². The summed E-state index contributed by atoms with van der Waals surface area (Å²) in [5.74, 6) is 0.531. The molecule has 140 valence electrons. The molecule has 0 atom stereocenters. The minimum Gasteiger partial charge on any atom is -0.497 e. The van der Waals surface area contributed by atoms with E-state index in [9.17, 15) is 9.18 Å². The van der Waals surface area contributed by atoms with Crippen LogP contribution in [0.4, 0.5) is 10.1 Å². The second kappa shape index (κ2) is 6.95. The van der Waals surface area contributed by atoms with E-state index >= 15 is 0 Å². The first-order valence-electron chi connectivity index (χ1n) is 9.00. The monoisotopic (exact) mass is 367 g/mol. The molecule has 1 aliphatic rings. The van der Waals surface area contributed by atoms with Gasteiger partial charge in [0.1, 0.15) is 17.3 Å². The highest BCUT2D eigenvalue weighted by Crippen LogP contribution is 2.23. The van der Waals surface area contributed by atoms with Crippen LogP contribution in [0.5, 0.6) is 5.75 Å². The molecule has 6 heteroatoms. The number of hydrogen-bond donors (Lipinski definition) is 0. The lowest BCUT2D eigenvalue weighted by Gasteiger charge is -2.36. The van der Waals surface area contributed by atoms with Crippen LogP contribution in [0.3, 0.4) is 0 Å². The molecule has 27 heavy (non-hydrogen) atoms. The summed E-state index contributed by atoms with van der Waals surface area (Å²) in [7, 11) is 3.50. The van der Waals surface area contributed by atoms with Gasteiger partial charge in [-0.1, -0.05) is 0 Å². The number of ether oxygens (including phenoxy) is 1. The highest BCUT2D eigenvalue weighted by Gasteiger charge is 2.24. The lowest BCUT2D eigenvalue weighted by atomic mass is 10.2. The predicted molar refractivity (Wildman–Crippen MR) is 104 cm³/mol. The fourth-order valence-corrected chi connectivity index (χ4v) is 3.65. The van der Waals surface area contributed by atoms with Gasteiger partial charge in [-0.25, -0.2) is 4.39 Å². The van der Waals surface area contributed by atoms with Crippen LogP contribution < -0.4 is 9.64 Å². The maximum atomic E-state index is 13.5. The van der Waals surface area contributed by atoms with Crippen molar-refractivity contribution in [3.8, 4) is 5.75 Å². The number of methoxy groups -OCH3 is 1. The summed E-state index contributed by atoms with van der Waals surface area (Å²) in [6, 6.07) is 14.3. The van der Waals surface area contributed by atoms with Gasteiger partial charge in [-0.15, -0.1) is 0 Å². The largest absolute Gasteiger partial charge is 0.497 e. The van der Waals surface area contributed by atoms with E-state index in [-0.39, 0.29) is 11.7 Å². The molecule has 0 spiro atoms. The number of aryl methyl sites for hydroxylation is 1. The van der Waals surface area contributed by atoms with E-state index in [0.29, 0.717) is 18.8 Å². The van der Waals surface area contributed by atoms with Gasteiger partial charge in [-0.3, -0.25) is 4.79 Å². The SMILES string of the molecule is COc1ccc(N2CCN(C(=O)c3cc4cc(F)ccc4n3C)CC2)cc1. The average molecular weight is 367 g/mol. The van der Waals surface area contributed by atoms with Gasteiger partial charge in [-0.2, -0.15) is 0 Å². The van der Waals surface area contributed by atoms with Crippen molar-refractivity contribution in [1.29, 1.82) is 0 Å². The van der Waals surface area contributed by atoms with Crippen molar-refractivity contribution < 1.29 is 13.9 Å². The number of benzene rings is 2. The number of piperazine rings is 1. The van der Waals surface area contributed by atoms with Gasteiger partial charge in [0.15, 0.2) is 0 Å². The predicted octanol–water partition coefficient (Wildman–Crippen LogP) is 3.29. The van der Waals surface area contributed by atoms with Crippen LogP contribution in [0.15, 0.2) is 48.5 Å². The highest BCUT2D eigenvalue weighted by atomic mass is 19.1. The van der Waals surface area contributed by atoms with Crippen LogP contribution in [0.2, 0.25) is 0 Å². The van der Waals surface area contributed by atoms with E-state index in [0.717, 1.165) is 35.4 Å². The second-order valence-electron chi connectivity index (χ2n) is 6.77. The number of nitrogens with zero attached hydrogens (tertiary/aromatic N) is 3. The minimum atomic E-state index is -0.291. The molecule has 3 aromatic rings. The molecule has 0 bridgehead atoms. The number of amides is 1. The third-order valence-corrected chi connectivity index (χ3v) is 5.23. The second-order valence-corrected chi connectivity index (χ2v) is 6.77. The van der Waals surface area contributed by atoms with E-state index in [1.54, 1.807) is 19.2 Å². The quantitative estimate of drug-likeness (QED) is 0.713. The summed E-state index contributed by atoms with van der Waals surface area (Å²) < 4.78 is 20.5. The molecule has 0 aliphatic carbocycles. The van der Waals surface area contributed by atoms with Crippen molar-refractivity contribution in [1.82, 2.24) is 9.47 Å². The zero-order chi connectivity index (χ0) is 19.0. The molecule has 0 N–H and O–H groups in total. The summed E-state index contributed by atoms with van der Waals surface area (Å²) in [5, 5.41) is 0.748. The standard InChI is InChI=1S/C21H22FN3O2/c1-23-19-8-3-16(22)13-15(19)14-20(23)21(26)25-11-9-24(10-12-25)17-4-6-18(27-2)7-5-17/h3-8,13-14H,9-12H2,1-2H3. The zero-order valence-electron chi connectivity index (χ0n) is 15.5. The van der Waals surface area contributed by atoms with Crippen molar-refractivity contribution >= 4 is 22.5 Å². The first-order chi connectivity index (χ1) is 13.1. The summed E-state index contributed by atoms with van der Waals surface area (Å²) in [5.41, 5.74) is 2.58. The van der Waals surface area contributed by atoms with Gasteiger partial charge < -0.3 is 19.1 Å². The Morgan fingerprint density at radius 3 is 2.37 bits per heavy atom. The Bertz CT molecular complexity index is 973. The van der Waals surface area contributed by atoms with Gasteiger partial charge in [0.05, 0.1) is 7.11 Å². The fraction of sp³-hybridized carbons (Fsp3) is 0.286. The lowest BCUT2D eigenvalue weighted by molar-refractivity contribution is 0.0737. The Balaban J connectivity index is 1.47. The minimum absolute atomic E-state index is 0.0107. The van der Waals surface area contributed by atoms with E-state index in [1.807, 2.05) is 40.8 Å². The molecule has 0 radical (unpaired) electrons. The molecule has 1 fully saturated rings. The maximum Gasteiger partial charge on any atom is 0.270 e. The van der Waals surface area contributed by atoms with Crippen molar-refractivity contribution in [2.24, 2.45) is 7.05 Å². The smallest absolute Gasteiger partial charge is 0.270 e. The van der Waals surface area contributed by atoms with E-state index in [2.05, 4.69) is 4.90 Å². The van der Waals surface area contributed by atoms with Crippen LogP contribution in [0.1, 0.15) is 10.5 Å². The molecule has 2 aromatic carbocycles. The molecule has 1 saturated heterocycles. The highest BCUT2D eigenvalue weighted by molar-refractivity contribution is 5.98. The summed E-state index contributed by atoms with van der Waals surface area (Å²) in [6.45, 7) is 2.86. The van der Waals surface area contributed by atoms with E-state index in [1.165, 1.54) is 12.1 Å². The average Bonchev–Trinajstić information content (AvgIpc) is 3.03. The summed E-state index contributed by atoms with van der Waals surface area (Å²) in [4.78, 5) is 17.1. The van der Waals surface area contributed by atoms with Gasteiger partial charge in [0.2, 0.25) is 0 Å². The van der Waals surface area contributed by atoms with E-state index in [4.69, 9.17) is 4.74 Å². The molecule has 1 amide bonds. The summed E-state index contributed by atoms with van der Waals surface area (Å²) >= 11 is 0. The molecular weight excluding hydrogens is 345 g/mol. The Hall–Kier alpha value is -3.02. The number of carbonyl (C=O) groups excluding carboxylic acids is 1. The number of aromatic nitrogens is 1. The number of fused-ring (bicyclic) bond motifs is 1. The topological polar surface area (TPSA) is 37.7 Å². The number of carbonyl (C=O) groups is 1. The van der Waals surface area contributed by atoms with Crippen LogP contribution in [-0.2, 0) is 7.05 Å². The van der Waals surface area contributed by atoms with E-state index < -0.39 is 0 Å². The maximum absolute atomic E-state index is 13.5. The molecule has 0 unspecified atom stereocenters. The van der Waals surface area contributed by atoms with Crippen LogP contribution >= 0.6 is 0 Å². The Labute approximate surface area is 157 Å². The third kappa shape index (κ3) is 3.23. The summed E-state index contributed by atoms with van der Waals surface area (Å²) in [6.07, 6.45) is 0.